The first-order chi connectivity index (χ1) is 14.8. The molecule has 32 heavy (non-hydrogen) atoms. The number of likely N-dealkylation sites (N-methyl/N-ethyl adjacent to an activating group) is 1. The lowest BCUT2D eigenvalue weighted by atomic mass is 9.81. The maximum absolute atomic E-state index is 13.5. The lowest BCUT2D eigenvalue weighted by molar-refractivity contribution is -0.121. The number of carbonyl (C=O) groups is 1. The molecule has 1 atom stereocenters. The number of fused-ring (bicyclic) bond motifs is 2. The van der Waals surface area contributed by atoms with Gasteiger partial charge in [0.15, 0.2) is 9.84 Å². The number of halogens is 1. The number of anilines is 1. The number of sulfonamides is 1. The summed E-state index contributed by atoms with van der Waals surface area (Å²) in [6.45, 7) is 1.58. The Bertz CT molecular complexity index is 1490. The highest BCUT2D eigenvalue weighted by Crippen LogP contribution is 2.40. The Kier molecular flexibility index (Phi) is 5.32. The minimum Gasteiger partial charge on any atom is -0.323 e. The normalized spacial score (nSPS) is 20.6. The first-order valence-corrected chi connectivity index (χ1v) is 13.2. The number of hydrogen-bond donors (Lipinski definition) is 1. The largest absolute Gasteiger partial charge is 0.323 e. The van der Waals surface area contributed by atoms with Crippen molar-refractivity contribution < 1.29 is 21.6 Å². The van der Waals surface area contributed by atoms with E-state index in [2.05, 4.69) is 10.3 Å². The molecular weight excluding hydrogens is 474 g/mol. The standard InChI is InChI=1S/C21H20ClN3O5S2/c1-21(12-25(2)32(29,30)19-7-4-14(22)9-17(19)21)20(26)24-18-11-23-10-13-8-15(31(3,27)28)5-6-16(13)18/h4-11H,12H2,1-3H3,(H,24,26). The van der Waals surface area contributed by atoms with Crippen molar-refractivity contribution in [2.45, 2.75) is 22.1 Å². The molecule has 1 amide bonds. The van der Waals surface area contributed by atoms with Crippen molar-refractivity contribution in [1.29, 1.82) is 0 Å². The third-order valence-electron chi connectivity index (χ3n) is 5.67. The predicted octanol–water partition coefficient (Wildman–Crippen LogP) is 2.82. The molecule has 1 aromatic heterocycles. The van der Waals surface area contributed by atoms with Crippen LogP contribution in [0.25, 0.3) is 10.8 Å². The van der Waals surface area contributed by atoms with Crippen LogP contribution in [-0.2, 0) is 30.1 Å². The van der Waals surface area contributed by atoms with Crippen molar-refractivity contribution in [3.63, 3.8) is 0 Å². The third-order valence-corrected chi connectivity index (χ3v) is 8.88. The van der Waals surface area contributed by atoms with E-state index in [1.807, 2.05) is 0 Å². The fourth-order valence-electron chi connectivity index (χ4n) is 3.88. The topological polar surface area (TPSA) is 114 Å². The molecule has 4 rings (SSSR count). The summed E-state index contributed by atoms with van der Waals surface area (Å²) in [5.74, 6) is -0.441. The smallest absolute Gasteiger partial charge is 0.243 e. The number of aromatic nitrogens is 1. The quantitative estimate of drug-likeness (QED) is 0.600. The van der Waals surface area contributed by atoms with Gasteiger partial charge in [0.2, 0.25) is 15.9 Å². The number of hydrogen-bond acceptors (Lipinski definition) is 6. The SMILES string of the molecule is CN1CC(C)(C(=O)Nc2cncc3cc(S(C)(=O)=O)ccc23)c2cc(Cl)ccc2S1(=O)=O. The molecule has 1 N–H and O–H groups in total. The highest BCUT2D eigenvalue weighted by atomic mass is 35.5. The Morgan fingerprint density at radius 3 is 2.59 bits per heavy atom. The average molecular weight is 494 g/mol. The zero-order valence-corrected chi connectivity index (χ0v) is 19.8. The van der Waals surface area contributed by atoms with Crippen molar-refractivity contribution in [3.05, 3.63) is 59.4 Å². The van der Waals surface area contributed by atoms with Gasteiger partial charge in [-0.1, -0.05) is 17.7 Å². The summed E-state index contributed by atoms with van der Waals surface area (Å²) >= 11 is 6.13. The van der Waals surface area contributed by atoms with E-state index in [1.165, 1.54) is 49.8 Å². The van der Waals surface area contributed by atoms with Crippen molar-refractivity contribution in [1.82, 2.24) is 9.29 Å². The predicted molar refractivity (Wildman–Crippen MR) is 122 cm³/mol. The minimum atomic E-state index is -3.74. The fraction of sp³-hybridized carbons (Fsp3) is 0.238. The van der Waals surface area contributed by atoms with E-state index >= 15 is 0 Å². The lowest BCUT2D eigenvalue weighted by Crippen LogP contribution is -2.52. The van der Waals surface area contributed by atoms with Gasteiger partial charge in [0.1, 0.15) is 0 Å². The van der Waals surface area contributed by atoms with Crippen LogP contribution in [0.3, 0.4) is 0 Å². The average Bonchev–Trinajstić information content (AvgIpc) is 2.71. The van der Waals surface area contributed by atoms with E-state index in [0.717, 1.165) is 10.6 Å². The van der Waals surface area contributed by atoms with Gasteiger partial charge in [0.25, 0.3) is 0 Å². The number of sulfone groups is 1. The van der Waals surface area contributed by atoms with Crippen LogP contribution >= 0.6 is 11.6 Å². The third kappa shape index (κ3) is 3.66. The van der Waals surface area contributed by atoms with Crippen LogP contribution in [0.4, 0.5) is 5.69 Å². The molecule has 0 fully saturated rings. The highest BCUT2D eigenvalue weighted by molar-refractivity contribution is 7.90. The van der Waals surface area contributed by atoms with Crippen LogP contribution in [0.2, 0.25) is 5.02 Å². The van der Waals surface area contributed by atoms with Gasteiger partial charge < -0.3 is 5.32 Å². The van der Waals surface area contributed by atoms with Crippen molar-refractivity contribution in [2.75, 3.05) is 25.2 Å². The van der Waals surface area contributed by atoms with Gasteiger partial charge in [-0.05, 0) is 42.8 Å². The molecule has 2 heterocycles. The maximum atomic E-state index is 13.5. The second kappa shape index (κ2) is 7.51. The van der Waals surface area contributed by atoms with Crippen molar-refractivity contribution >= 4 is 53.8 Å². The molecule has 8 nitrogen and oxygen atoms in total. The molecule has 0 aliphatic carbocycles. The molecule has 168 valence electrons. The van der Waals surface area contributed by atoms with Crippen LogP contribution in [0, 0.1) is 0 Å². The van der Waals surface area contributed by atoms with Gasteiger partial charge in [-0.2, -0.15) is 4.31 Å². The van der Waals surface area contributed by atoms with Gasteiger partial charge in [-0.25, -0.2) is 16.8 Å². The summed E-state index contributed by atoms with van der Waals surface area (Å²) < 4.78 is 50.4. The number of carbonyl (C=O) groups excluding carboxylic acids is 1. The molecule has 3 aromatic rings. The van der Waals surface area contributed by atoms with Crippen molar-refractivity contribution in [3.8, 4) is 0 Å². The molecule has 1 aliphatic rings. The molecule has 0 saturated heterocycles. The van der Waals surface area contributed by atoms with Gasteiger partial charge in [-0.15, -0.1) is 0 Å². The lowest BCUT2D eigenvalue weighted by Gasteiger charge is -2.38. The number of benzene rings is 2. The molecule has 1 aliphatic heterocycles. The van der Waals surface area contributed by atoms with Crippen LogP contribution in [-0.4, -0.2) is 51.9 Å². The highest BCUT2D eigenvalue weighted by Gasteiger charge is 2.47. The Balaban J connectivity index is 1.79. The number of rotatable bonds is 3. The van der Waals surface area contributed by atoms with Gasteiger partial charge in [0.05, 0.1) is 27.1 Å². The Hall–Kier alpha value is -2.53. The van der Waals surface area contributed by atoms with Crippen LogP contribution in [0.15, 0.2) is 58.6 Å². The number of nitrogens with zero attached hydrogens (tertiary/aromatic N) is 2. The molecule has 1 unspecified atom stereocenters. The summed E-state index contributed by atoms with van der Waals surface area (Å²) in [6, 6.07) is 8.94. The van der Waals surface area contributed by atoms with Gasteiger partial charge in [0, 0.05) is 41.8 Å². The van der Waals surface area contributed by atoms with E-state index in [4.69, 9.17) is 11.6 Å². The first-order valence-electron chi connectivity index (χ1n) is 9.50. The molecular formula is C21H20ClN3O5S2. The Morgan fingerprint density at radius 2 is 1.91 bits per heavy atom. The van der Waals surface area contributed by atoms with E-state index in [-0.39, 0.29) is 16.3 Å². The van der Waals surface area contributed by atoms with Crippen LogP contribution in [0.5, 0.6) is 0 Å². The first kappa shape index (κ1) is 22.7. The number of pyridine rings is 1. The van der Waals surface area contributed by atoms with Gasteiger partial charge >= 0.3 is 0 Å². The molecule has 0 saturated carbocycles. The molecule has 2 aromatic carbocycles. The van der Waals surface area contributed by atoms with Crippen LogP contribution < -0.4 is 5.32 Å². The van der Waals surface area contributed by atoms with Crippen molar-refractivity contribution in [2.24, 2.45) is 0 Å². The van der Waals surface area contributed by atoms with E-state index in [9.17, 15) is 21.6 Å². The zero-order chi connectivity index (χ0) is 23.5. The zero-order valence-electron chi connectivity index (χ0n) is 17.5. The summed E-state index contributed by atoms with van der Waals surface area (Å²) in [5, 5.41) is 4.32. The Labute approximate surface area is 191 Å². The van der Waals surface area contributed by atoms with E-state index in [1.54, 1.807) is 13.0 Å². The van der Waals surface area contributed by atoms with Gasteiger partial charge in [-0.3, -0.25) is 9.78 Å². The second-order valence-corrected chi connectivity index (χ2v) is 12.5. The fourth-order valence-corrected chi connectivity index (χ4v) is 6.28. The Morgan fingerprint density at radius 1 is 1.19 bits per heavy atom. The molecule has 0 bridgehead atoms. The number of nitrogens with one attached hydrogen (secondary N) is 1. The number of amides is 1. The van der Waals surface area contributed by atoms with E-state index < -0.39 is 31.2 Å². The molecule has 0 radical (unpaired) electrons. The summed E-state index contributed by atoms with van der Waals surface area (Å²) in [4.78, 5) is 17.8. The molecule has 11 heteroatoms. The van der Waals surface area contributed by atoms with Crippen LogP contribution in [0.1, 0.15) is 12.5 Å². The monoisotopic (exact) mass is 493 g/mol. The summed E-state index contributed by atoms with van der Waals surface area (Å²) in [5.41, 5.74) is -0.531. The van der Waals surface area contributed by atoms with E-state index in [0.29, 0.717) is 27.0 Å². The maximum Gasteiger partial charge on any atom is 0.243 e. The molecule has 0 spiro atoms. The summed E-state index contributed by atoms with van der Waals surface area (Å²) in [6.07, 6.45) is 4.09. The minimum absolute atomic E-state index is 0.0298. The second-order valence-electron chi connectivity index (χ2n) is 8.03. The summed E-state index contributed by atoms with van der Waals surface area (Å²) in [7, 11) is -5.72.